The van der Waals surface area contributed by atoms with E-state index in [4.69, 9.17) is 5.11 Å². The highest BCUT2D eigenvalue weighted by atomic mass is 32.2. The van der Waals surface area contributed by atoms with Crippen LogP contribution in [0.25, 0.3) is 5.65 Å². The monoisotopic (exact) mass is 299 g/mol. The van der Waals surface area contributed by atoms with E-state index in [1.807, 2.05) is 35.9 Å². The summed E-state index contributed by atoms with van der Waals surface area (Å²) in [5.41, 5.74) is 3.26. The SMILES string of the molecule is Cc1cccn2cc(CSc3cc(C(=O)O)ccn3)nc12. The zero-order valence-corrected chi connectivity index (χ0v) is 12.2. The highest BCUT2D eigenvalue weighted by Gasteiger charge is 2.07. The van der Waals surface area contributed by atoms with Gasteiger partial charge >= 0.3 is 5.97 Å². The molecule has 0 saturated carbocycles. The van der Waals surface area contributed by atoms with Crippen LogP contribution in [0.15, 0.2) is 47.9 Å². The molecule has 3 aromatic heterocycles. The predicted molar refractivity (Wildman–Crippen MR) is 80.7 cm³/mol. The number of aromatic nitrogens is 3. The fraction of sp³-hybridized carbons (Fsp3) is 0.133. The summed E-state index contributed by atoms with van der Waals surface area (Å²) in [6.07, 6.45) is 5.46. The molecule has 0 fully saturated rings. The standard InChI is InChI=1S/C15H13N3O2S/c1-10-3-2-6-18-8-12(17-14(10)18)9-21-13-7-11(15(19)20)4-5-16-13/h2-8H,9H2,1H3,(H,19,20). The zero-order chi connectivity index (χ0) is 14.8. The third-order valence-corrected chi connectivity index (χ3v) is 4.04. The smallest absolute Gasteiger partial charge is 0.335 e. The molecule has 0 bridgehead atoms. The molecule has 3 rings (SSSR count). The third kappa shape index (κ3) is 2.90. The summed E-state index contributed by atoms with van der Waals surface area (Å²) in [6, 6.07) is 7.07. The molecular weight excluding hydrogens is 286 g/mol. The molecule has 3 aromatic rings. The second-order valence-corrected chi connectivity index (χ2v) is 5.63. The van der Waals surface area contributed by atoms with Crippen molar-refractivity contribution < 1.29 is 9.90 Å². The highest BCUT2D eigenvalue weighted by molar-refractivity contribution is 7.98. The Morgan fingerprint density at radius 2 is 2.29 bits per heavy atom. The Balaban J connectivity index is 1.78. The number of carboxylic acids is 1. The van der Waals surface area contributed by atoms with Crippen LogP contribution >= 0.6 is 11.8 Å². The Hall–Kier alpha value is -2.34. The van der Waals surface area contributed by atoms with Crippen LogP contribution < -0.4 is 0 Å². The largest absolute Gasteiger partial charge is 0.478 e. The maximum Gasteiger partial charge on any atom is 0.335 e. The molecule has 0 unspecified atom stereocenters. The first-order chi connectivity index (χ1) is 10.1. The first kappa shape index (κ1) is 13.6. The molecule has 1 N–H and O–H groups in total. The summed E-state index contributed by atoms with van der Waals surface area (Å²) in [6.45, 7) is 2.02. The number of pyridine rings is 2. The number of hydrogen-bond acceptors (Lipinski definition) is 4. The van der Waals surface area contributed by atoms with Crippen LogP contribution in [0.2, 0.25) is 0 Å². The second-order valence-electron chi connectivity index (χ2n) is 4.63. The molecule has 3 heterocycles. The predicted octanol–water partition coefficient (Wildman–Crippen LogP) is 3.03. The lowest BCUT2D eigenvalue weighted by atomic mass is 10.3. The molecule has 0 aromatic carbocycles. The number of rotatable bonds is 4. The zero-order valence-electron chi connectivity index (χ0n) is 11.4. The Labute approximate surface area is 125 Å². The van der Waals surface area contributed by atoms with Crippen LogP contribution in [0, 0.1) is 6.92 Å². The van der Waals surface area contributed by atoms with Gasteiger partial charge in [0.05, 0.1) is 16.3 Å². The molecule has 106 valence electrons. The number of carboxylic acid groups (broad SMARTS) is 1. The Morgan fingerprint density at radius 3 is 3.05 bits per heavy atom. The van der Waals surface area contributed by atoms with Gasteiger partial charge in [0.1, 0.15) is 5.65 Å². The van der Waals surface area contributed by atoms with Gasteiger partial charge in [-0.25, -0.2) is 14.8 Å². The van der Waals surface area contributed by atoms with Crippen LogP contribution in [0.3, 0.4) is 0 Å². The van der Waals surface area contributed by atoms with Gasteiger partial charge < -0.3 is 9.51 Å². The Bertz CT molecular complexity index is 814. The molecule has 0 aliphatic rings. The van der Waals surface area contributed by atoms with E-state index in [0.717, 1.165) is 16.9 Å². The third-order valence-electron chi connectivity index (χ3n) is 3.08. The first-order valence-electron chi connectivity index (χ1n) is 6.39. The molecule has 0 aliphatic heterocycles. The number of imidazole rings is 1. The van der Waals surface area contributed by atoms with Gasteiger partial charge in [0, 0.05) is 24.3 Å². The van der Waals surface area contributed by atoms with Crippen LogP contribution in [-0.4, -0.2) is 25.4 Å². The van der Waals surface area contributed by atoms with Gasteiger partial charge in [0.2, 0.25) is 0 Å². The van der Waals surface area contributed by atoms with E-state index in [9.17, 15) is 4.79 Å². The van der Waals surface area contributed by atoms with E-state index >= 15 is 0 Å². The fourth-order valence-corrected chi connectivity index (χ4v) is 2.82. The lowest BCUT2D eigenvalue weighted by molar-refractivity contribution is 0.0696. The highest BCUT2D eigenvalue weighted by Crippen LogP contribution is 2.22. The minimum atomic E-state index is -0.942. The molecule has 0 saturated heterocycles. The van der Waals surface area contributed by atoms with Crippen LogP contribution in [0.4, 0.5) is 0 Å². The average molecular weight is 299 g/mol. The first-order valence-corrected chi connectivity index (χ1v) is 7.37. The number of carbonyl (C=O) groups is 1. The van der Waals surface area contributed by atoms with Crippen molar-refractivity contribution in [3.05, 3.63) is 59.7 Å². The number of hydrogen-bond donors (Lipinski definition) is 1. The van der Waals surface area contributed by atoms with E-state index in [-0.39, 0.29) is 5.56 Å². The average Bonchev–Trinajstić information content (AvgIpc) is 2.90. The summed E-state index contributed by atoms with van der Waals surface area (Å²) in [5, 5.41) is 9.65. The van der Waals surface area contributed by atoms with E-state index in [2.05, 4.69) is 9.97 Å². The quantitative estimate of drug-likeness (QED) is 0.750. The molecule has 5 nitrogen and oxygen atoms in total. The maximum atomic E-state index is 10.9. The number of aromatic carboxylic acids is 1. The van der Waals surface area contributed by atoms with E-state index in [1.165, 1.54) is 24.0 Å². The van der Waals surface area contributed by atoms with E-state index in [0.29, 0.717) is 10.8 Å². The molecule has 0 amide bonds. The topological polar surface area (TPSA) is 67.5 Å². The van der Waals surface area contributed by atoms with Crippen molar-refractivity contribution in [1.29, 1.82) is 0 Å². The van der Waals surface area contributed by atoms with Crippen molar-refractivity contribution in [2.75, 3.05) is 0 Å². The molecule has 6 heteroatoms. The van der Waals surface area contributed by atoms with Gasteiger partial charge in [-0.1, -0.05) is 17.8 Å². The molecule has 0 radical (unpaired) electrons. The summed E-state index contributed by atoms with van der Waals surface area (Å²) in [5.74, 6) is -0.292. The summed E-state index contributed by atoms with van der Waals surface area (Å²) < 4.78 is 1.99. The molecule has 21 heavy (non-hydrogen) atoms. The van der Waals surface area contributed by atoms with Gasteiger partial charge in [0.25, 0.3) is 0 Å². The lowest BCUT2D eigenvalue weighted by Gasteiger charge is -1.99. The van der Waals surface area contributed by atoms with Gasteiger partial charge in [0.15, 0.2) is 0 Å². The normalized spacial score (nSPS) is 10.9. The van der Waals surface area contributed by atoms with Crippen LogP contribution in [-0.2, 0) is 5.75 Å². The molecular formula is C15H13N3O2S. The number of thioether (sulfide) groups is 1. The second kappa shape index (κ2) is 5.57. The van der Waals surface area contributed by atoms with Gasteiger partial charge in [-0.2, -0.15) is 0 Å². The van der Waals surface area contributed by atoms with Crippen LogP contribution in [0.1, 0.15) is 21.6 Å². The summed E-state index contributed by atoms with van der Waals surface area (Å²) in [4.78, 5) is 19.7. The maximum absolute atomic E-state index is 10.9. The number of aryl methyl sites for hydroxylation is 1. The minimum Gasteiger partial charge on any atom is -0.478 e. The van der Waals surface area contributed by atoms with Crippen molar-refractivity contribution in [3.8, 4) is 0 Å². The van der Waals surface area contributed by atoms with E-state index < -0.39 is 5.97 Å². The summed E-state index contributed by atoms with van der Waals surface area (Å²) in [7, 11) is 0. The van der Waals surface area contributed by atoms with Gasteiger partial charge in [-0.15, -0.1) is 0 Å². The minimum absolute atomic E-state index is 0.248. The van der Waals surface area contributed by atoms with Gasteiger partial charge in [-0.3, -0.25) is 0 Å². The van der Waals surface area contributed by atoms with E-state index in [1.54, 1.807) is 6.07 Å². The van der Waals surface area contributed by atoms with Crippen molar-refractivity contribution in [2.45, 2.75) is 17.7 Å². The van der Waals surface area contributed by atoms with Crippen LogP contribution in [0.5, 0.6) is 0 Å². The fourth-order valence-electron chi connectivity index (χ4n) is 2.04. The Kier molecular flexibility index (Phi) is 3.62. The molecule has 0 aliphatic carbocycles. The van der Waals surface area contributed by atoms with Crippen molar-refractivity contribution in [3.63, 3.8) is 0 Å². The molecule has 0 spiro atoms. The Morgan fingerprint density at radius 1 is 1.43 bits per heavy atom. The molecule has 0 atom stereocenters. The van der Waals surface area contributed by atoms with Gasteiger partial charge in [-0.05, 0) is 30.7 Å². The van der Waals surface area contributed by atoms with Crippen molar-refractivity contribution >= 4 is 23.4 Å². The van der Waals surface area contributed by atoms with Crippen molar-refractivity contribution in [1.82, 2.24) is 14.4 Å². The number of fused-ring (bicyclic) bond motifs is 1. The lowest BCUT2D eigenvalue weighted by Crippen LogP contribution is -1.96. The van der Waals surface area contributed by atoms with Crippen molar-refractivity contribution in [2.24, 2.45) is 0 Å². The number of nitrogens with zero attached hydrogens (tertiary/aromatic N) is 3. The summed E-state index contributed by atoms with van der Waals surface area (Å²) >= 11 is 1.48.